The lowest BCUT2D eigenvalue weighted by atomic mass is 11.6. The third kappa shape index (κ3) is 2.94. The average molecular weight is 125 g/mol. The molecule has 0 aromatic rings. The van der Waals surface area contributed by atoms with Gasteiger partial charge in [-0.1, -0.05) is 0 Å². The van der Waals surface area contributed by atoms with Gasteiger partial charge in [-0.15, -0.1) is 0 Å². The SMILES string of the molecule is OC[PH+](CO)CO. The second kappa shape index (κ2) is 4.47. The fourth-order valence-corrected chi connectivity index (χ4v) is 0.450. The van der Waals surface area contributed by atoms with Gasteiger partial charge in [-0.05, 0) is 0 Å². The maximum absolute atomic E-state index is 8.25. The summed E-state index contributed by atoms with van der Waals surface area (Å²) < 4.78 is 0. The first kappa shape index (κ1) is 7.31. The normalized spacial score (nSPS) is 10.3. The predicted molar refractivity (Wildman–Crippen MR) is 29.6 cm³/mol. The highest BCUT2D eigenvalue weighted by Gasteiger charge is 2.08. The Kier molecular flexibility index (Phi) is 4.67. The molecule has 0 atom stereocenters. The van der Waals surface area contributed by atoms with Gasteiger partial charge in [0, 0.05) is 0 Å². The number of aliphatic hydroxyl groups is 3. The van der Waals surface area contributed by atoms with Crippen LogP contribution in [0.3, 0.4) is 0 Å². The molecule has 3 N–H and O–H groups in total. The first-order chi connectivity index (χ1) is 3.35. The standard InChI is InChI=1S/C3H9O3P/c4-1-7(2-5)3-6/h4-6H,1-3H2/p+1. The molecule has 0 aliphatic heterocycles. The van der Waals surface area contributed by atoms with E-state index in [1.807, 2.05) is 0 Å². The molecule has 0 aliphatic carbocycles. The first-order valence-electron chi connectivity index (χ1n) is 2.01. The first-order valence-corrected chi connectivity index (χ1v) is 4.13. The molecule has 7 heavy (non-hydrogen) atoms. The zero-order chi connectivity index (χ0) is 5.70. The van der Waals surface area contributed by atoms with Crippen molar-refractivity contribution in [1.29, 1.82) is 0 Å². The Morgan fingerprint density at radius 1 is 0.857 bits per heavy atom. The van der Waals surface area contributed by atoms with E-state index in [4.69, 9.17) is 15.3 Å². The van der Waals surface area contributed by atoms with E-state index in [1.165, 1.54) is 0 Å². The van der Waals surface area contributed by atoms with E-state index in [0.29, 0.717) is 0 Å². The van der Waals surface area contributed by atoms with Crippen molar-refractivity contribution < 1.29 is 15.3 Å². The molecule has 0 unspecified atom stereocenters. The van der Waals surface area contributed by atoms with Crippen molar-refractivity contribution in [1.82, 2.24) is 0 Å². The molecular formula is C3H10O3P+. The zero-order valence-corrected chi connectivity index (χ0v) is 4.96. The number of rotatable bonds is 3. The van der Waals surface area contributed by atoms with Crippen molar-refractivity contribution in [3.8, 4) is 0 Å². The number of hydrogen-bond acceptors (Lipinski definition) is 3. The maximum Gasteiger partial charge on any atom is 0.156 e. The lowest BCUT2D eigenvalue weighted by molar-refractivity contribution is 0.319. The van der Waals surface area contributed by atoms with E-state index < -0.39 is 7.92 Å². The van der Waals surface area contributed by atoms with Crippen LogP contribution >= 0.6 is 7.92 Å². The molecule has 0 saturated carbocycles. The lowest BCUT2D eigenvalue weighted by Crippen LogP contribution is -1.91. The highest BCUT2D eigenvalue weighted by atomic mass is 31.1. The van der Waals surface area contributed by atoms with E-state index in [2.05, 4.69) is 0 Å². The summed E-state index contributed by atoms with van der Waals surface area (Å²) in [7, 11) is -1.20. The van der Waals surface area contributed by atoms with E-state index in [0.717, 1.165) is 0 Å². The van der Waals surface area contributed by atoms with Gasteiger partial charge in [-0.2, -0.15) is 0 Å². The fourth-order valence-electron chi connectivity index (χ4n) is 0.150. The molecule has 0 rings (SSSR count). The van der Waals surface area contributed by atoms with Gasteiger partial charge in [-0.3, -0.25) is 0 Å². The summed E-state index contributed by atoms with van der Waals surface area (Å²) in [6.45, 7) is 0. The van der Waals surface area contributed by atoms with Gasteiger partial charge in [0.05, 0.1) is 7.92 Å². The molecule has 0 fully saturated rings. The van der Waals surface area contributed by atoms with Gasteiger partial charge < -0.3 is 15.3 Å². The smallest absolute Gasteiger partial charge is 0.156 e. The number of hydrogen-bond donors (Lipinski definition) is 3. The van der Waals surface area contributed by atoms with Gasteiger partial charge in [0.25, 0.3) is 0 Å². The molecule has 0 radical (unpaired) electrons. The Morgan fingerprint density at radius 2 is 1.14 bits per heavy atom. The van der Waals surface area contributed by atoms with Gasteiger partial charge in [-0.25, -0.2) is 0 Å². The van der Waals surface area contributed by atoms with Crippen molar-refractivity contribution in [2.45, 2.75) is 0 Å². The zero-order valence-electron chi connectivity index (χ0n) is 3.96. The average Bonchev–Trinajstić information content (AvgIpc) is 1.72. The van der Waals surface area contributed by atoms with Crippen LogP contribution in [0.25, 0.3) is 0 Å². The lowest BCUT2D eigenvalue weighted by Gasteiger charge is -1.95. The van der Waals surface area contributed by atoms with Crippen LogP contribution in [-0.2, 0) is 0 Å². The van der Waals surface area contributed by atoms with Gasteiger partial charge in [0.1, 0.15) is 0 Å². The van der Waals surface area contributed by atoms with Gasteiger partial charge >= 0.3 is 0 Å². The van der Waals surface area contributed by atoms with Gasteiger partial charge in [0.2, 0.25) is 0 Å². The van der Waals surface area contributed by atoms with Crippen LogP contribution in [0.15, 0.2) is 0 Å². The summed E-state index contributed by atoms with van der Waals surface area (Å²) in [6, 6.07) is 0. The van der Waals surface area contributed by atoms with Crippen molar-refractivity contribution in [2.75, 3.05) is 19.0 Å². The van der Waals surface area contributed by atoms with Crippen LogP contribution in [0.2, 0.25) is 0 Å². The molecule has 0 bridgehead atoms. The minimum atomic E-state index is -1.20. The van der Waals surface area contributed by atoms with Crippen LogP contribution in [0.5, 0.6) is 0 Å². The topological polar surface area (TPSA) is 60.7 Å². The Balaban J connectivity index is 2.99. The minimum absolute atomic E-state index is 0.0440. The summed E-state index contributed by atoms with van der Waals surface area (Å²) in [5.41, 5.74) is 0. The molecule has 0 saturated heterocycles. The Labute approximate surface area is 43.4 Å². The third-order valence-electron chi connectivity index (χ3n) is 0.671. The minimum Gasteiger partial charge on any atom is -0.362 e. The molecule has 0 aromatic carbocycles. The van der Waals surface area contributed by atoms with Crippen LogP contribution in [0.4, 0.5) is 0 Å². The molecule has 0 aliphatic rings. The molecule has 44 valence electrons. The van der Waals surface area contributed by atoms with Crippen LogP contribution in [0.1, 0.15) is 0 Å². The molecule has 3 nitrogen and oxygen atoms in total. The predicted octanol–water partition coefficient (Wildman–Crippen LogP) is -0.950. The fraction of sp³-hybridized carbons (Fsp3) is 1.00. The summed E-state index contributed by atoms with van der Waals surface area (Å²) in [5, 5.41) is 24.8. The Bertz CT molecular complexity index is 31.7. The highest BCUT2D eigenvalue weighted by Crippen LogP contribution is 2.29. The van der Waals surface area contributed by atoms with Crippen LogP contribution < -0.4 is 0 Å². The summed E-state index contributed by atoms with van der Waals surface area (Å²) >= 11 is 0. The molecule has 4 heteroatoms. The second-order valence-corrected chi connectivity index (χ2v) is 3.67. The second-order valence-electron chi connectivity index (χ2n) is 1.22. The summed E-state index contributed by atoms with van der Waals surface area (Å²) in [5.74, 6) is 0. The number of aliphatic hydroxyl groups excluding tert-OH is 3. The highest BCUT2D eigenvalue weighted by molar-refractivity contribution is 7.56. The van der Waals surface area contributed by atoms with Crippen molar-refractivity contribution in [3.05, 3.63) is 0 Å². The Morgan fingerprint density at radius 3 is 1.14 bits per heavy atom. The molecule has 0 amide bonds. The molecular weight excluding hydrogens is 115 g/mol. The summed E-state index contributed by atoms with van der Waals surface area (Å²) in [6.07, 6.45) is -0.132. The molecule has 0 spiro atoms. The van der Waals surface area contributed by atoms with E-state index in [1.54, 1.807) is 0 Å². The van der Waals surface area contributed by atoms with Crippen LogP contribution in [-0.4, -0.2) is 34.4 Å². The maximum atomic E-state index is 8.25. The van der Waals surface area contributed by atoms with Crippen molar-refractivity contribution in [3.63, 3.8) is 0 Å². The van der Waals surface area contributed by atoms with Gasteiger partial charge in [0.15, 0.2) is 19.0 Å². The quantitative estimate of drug-likeness (QED) is 0.426. The summed E-state index contributed by atoms with van der Waals surface area (Å²) in [4.78, 5) is 0. The monoisotopic (exact) mass is 125 g/mol. The third-order valence-corrected chi connectivity index (χ3v) is 2.01. The van der Waals surface area contributed by atoms with Crippen molar-refractivity contribution in [2.24, 2.45) is 0 Å². The van der Waals surface area contributed by atoms with Crippen molar-refractivity contribution >= 4 is 7.92 Å². The van der Waals surface area contributed by atoms with E-state index in [9.17, 15) is 0 Å². The Hall–Kier alpha value is 0.310. The molecule has 0 aromatic heterocycles. The molecule has 0 heterocycles. The largest absolute Gasteiger partial charge is 0.362 e. The van der Waals surface area contributed by atoms with E-state index >= 15 is 0 Å². The van der Waals surface area contributed by atoms with Crippen LogP contribution in [0, 0.1) is 0 Å². The van der Waals surface area contributed by atoms with E-state index in [-0.39, 0.29) is 19.0 Å².